The van der Waals surface area contributed by atoms with E-state index in [9.17, 15) is 0 Å². The van der Waals surface area contributed by atoms with Crippen molar-refractivity contribution in [2.24, 2.45) is 0 Å². The number of likely N-dealkylation sites (N-methyl/N-ethyl adjacent to an activating group) is 1. The normalized spacial score (nSPS) is 18.0. The minimum absolute atomic E-state index is 0.593. The van der Waals surface area contributed by atoms with Crippen LogP contribution >= 0.6 is 27.3 Å². The highest BCUT2D eigenvalue weighted by Gasteiger charge is 2.24. The third-order valence-electron chi connectivity index (χ3n) is 3.78. The van der Waals surface area contributed by atoms with Crippen LogP contribution < -0.4 is 5.32 Å². The molecule has 3 rings (SSSR count). The van der Waals surface area contributed by atoms with E-state index < -0.39 is 0 Å². The van der Waals surface area contributed by atoms with E-state index in [0.717, 1.165) is 17.6 Å². The molecular weight excluding hydrogens is 332 g/mol. The van der Waals surface area contributed by atoms with Gasteiger partial charge in [-0.15, -0.1) is 11.3 Å². The van der Waals surface area contributed by atoms with Gasteiger partial charge in [0.2, 0.25) is 0 Å². The maximum Gasteiger partial charge on any atom is 0.123 e. The number of nitrogens with zero attached hydrogens (tertiary/aromatic N) is 1. The second-order valence-electron chi connectivity index (χ2n) is 5.23. The second kappa shape index (κ2) is 6.37. The van der Waals surface area contributed by atoms with Crippen LogP contribution in [0.25, 0.3) is 10.6 Å². The first-order chi connectivity index (χ1) is 9.78. The molecular formula is C16H19BrN2S. The summed E-state index contributed by atoms with van der Waals surface area (Å²) in [5, 5.41) is 4.64. The average molecular weight is 351 g/mol. The Morgan fingerprint density at radius 3 is 3.15 bits per heavy atom. The molecule has 0 amide bonds. The monoisotopic (exact) mass is 350 g/mol. The summed E-state index contributed by atoms with van der Waals surface area (Å²) in [6.45, 7) is 4.26. The van der Waals surface area contributed by atoms with Gasteiger partial charge in [0.05, 0.1) is 5.69 Å². The number of rotatable bonds is 4. The highest BCUT2D eigenvalue weighted by molar-refractivity contribution is 9.10. The number of benzene rings is 1. The highest BCUT2D eigenvalue weighted by atomic mass is 79.9. The second-order valence-corrected chi connectivity index (χ2v) is 7.23. The lowest BCUT2D eigenvalue weighted by Crippen LogP contribution is -2.23. The van der Waals surface area contributed by atoms with Gasteiger partial charge in [-0.05, 0) is 37.9 Å². The van der Waals surface area contributed by atoms with Crippen molar-refractivity contribution in [1.29, 1.82) is 0 Å². The fourth-order valence-corrected chi connectivity index (χ4v) is 4.35. The van der Waals surface area contributed by atoms with E-state index >= 15 is 0 Å². The molecule has 0 aliphatic heterocycles. The first-order valence-electron chi connectivity index (χ1n) is 7.24. The Morgan fingerprint density at radius 1 is 1.45 bits per heavy atom. The molecule has 0 saturated heterocycles. The van der Waals surface area contributed by atoms with E-state index in [1.807, 2.05) is 11.3 Å². The number of aryl methyl sites for hydroxylation is 1. The molecule has 0 spiro atoms. The molecule has 0 fully saturated rings. The van der Waals surface area contributed by atoms with Gasteiger partial charge in [0.1, 0.15) is 5.01 Å². The Bertz CT molecular complexity index is 594. The molecule has 106 valence electrons. The largest absolute Gasteiger partial charge is 0.316 e. The maximum atomic E-state index is 4.95. The van der Waals surface area contributed by atoms with Gasteiger partial charge in [0.15, 0.2) is 0 Å². The molecule has 4 heteroatoms. The first-order valence-corrected chi connectivity index (χ1v) is 8.85. The molecule has 1 aliphatic carbocycles. The lowest BCUT2D eigenvalue weighted by molar-refractivity contribution is 0.509. The summed E-state index contributed by atoms with van der Waals surface area (Å²) >= 11 is 5.42. The predicted octanol–water partition coefficient (Wildman–Crippen LogP) is 4.60. The summed E-state index contributed by atoms with van der Waals surface area (Å²) in [6.07, 6.45) is 3.76. The van der Waals surface area contributed by atoms with Crippen molar-refractivity contribution in [3.8, 4) is 10.6 Å². The molecule has 1 aromatic heterocycles. The number of halogens is 1. The van der Waals surface area contributed by atoms with Gasteiger partial charge in [0.25, 0.3) is 0 Å². The molecule has 0 saturated carbocycles. The molecule has 1 aliphatic rings. The number of aromatic nitrogens is 1. The van der Waals surface area contributed by atoms with Crippen molar-refractivity contribution in [1.82, 2.24) is 10.3 Å². The topological polar surface area (TPSA) is 24.9 Å². The summed E-state index contributed by atoms with van der Waals surface area (Å²) in [5.74, 6) is 0.593. The molecule has 1 N–H and O–H groups in total. The number of nitrogens with one attached hydrogen (secondary N) is 1. The first kappa shape index (κ1) is 14.2. The van der Waals surface area contributed by atoms with Crippen LogP contribution in [0.1, 0.15) is 36.3 Å². The zero-order chi connectivity index (χ0) is 13.9. The van der Waals surface area contributed by atoms with Gasteiger partial charge >= 0.3 is 0 Å². The van der Waals surface area contributed by atoms with Crippen LogP contribution in [0.3, 0.4) is 0 Å². The number of hydrogen-bond acceptors (Lipinski definition) is 3. The van der Waals surface area contributed by atoms with E-state index in [4.69, 9.17) is 4.98 Å². The lowest BCUT2D eigenvalue weighted by atomic mass is 9.91. The van der Waals surface area contributed by atoms with Gasteiger partial charge < -0.3 is 5.32 Å². The van der Waals surface area contributed by atoms with Crippen molar-refractivity contribution in [2.45, 2.75) is 32.1 Å². The SMILES string of the molecule is CCNCC1CCCc2sc(-c3cccc(Br)c3)nc21. The van der Waals surface area contributed by atoms with Crippen molar-refractivity contribution in [3.05, 3.63) is 39.3 Å². The van der Waals surface area contributed by atoms with Crippen molar-refractivity contribution in [3.63, 3.8) is 0 Å². The third-order valence-corrected chi connectivity index (χ3v) is 5.46. The third kappa shape index (κ3) is 2.97. The van der Waals surface area contributed by atoms with Crippen LogP contribution in [0.5, 0.6) is 0 Å². The van der Waals surface area contributed by atoms with Crippen molar-refractivity contribution >= 4 is 27.3 Å². The van der Waals surface area contributed by atoms with Crippen LogP contribution in [0.15, 0.2) is 28.7 Å². The molecule has 1 heterocycles. The Hall–Kier alpha value is -0.710. The summed E-state index contributed by atoms with van der Waals surface area (Å²) in [6, 6.07) is 8.44. The molecule has 0 bridgehead atoms. The van der Waals surface area contributed by atoms with E-state index in [2.05, 4.69) is 52.4 Å². The van der Waals surface area contributed by atoms with E-state index in [1.54, 1.807) is 0 Å². The van der Waals surface area contributed by atoms with Crippen molar-refractivity contribution in [2.75, 3.05) is 13.1 Å². The molecule has 2 nitrogen and oxygen atoms in total. The van der Waals surface area contributed by atoms with E-state index in [0.29, 0.717) is 5.92 Å². The average Bonchev–Trinajstić information content (AvgIpc) is 2.89. The van der Waals surface area contributed by atoms with Gasteiger partial charge in [-0.3, -0.25) is 0 Å². The number of hydrogen-bond donors (Lipinski definition) is 1. The molecule has 20 heavy (non-hydrogen) atoms. The predicted molar refractivity (Wildman–Crippen MR) is 89.5 cm³/mol. The van der Waals surface area contributed by atoms with Crippen molar-refractivity contribution < 1.29 is 0 Å². The Morgan fingerprint density at radius 2 is 2.35 bits per heavy atom. The summed E-state index contributed by atoms with van der Waals surface area (Å²) < 4.78 is 1.12. The lowest BCUT2D eigenvalue weighted by Gasteiger charge is -2.21. The summed E-state index contributed by atoms with van der Waals surface area (Å²) in [4.78, 5) is 6.45. The highest BCUT2D eigenvalue weighted by Crippen LogP contribution is 2.38. The Kier molecular flexibility index (Phi) is 4.54. The summed E-state index contributed by atoms with van der Waals surface area (Å²) in [5.41, 5.74) is 2.57. The van der Waals surface area contributed by atoms with Gasteiger partial charge in [0, 0.05) is 27.4 Å². The molecule has 0 radical (unpaired) electrons. The number of thiazole rings is 1. The molecule has 2 aromatic rings. The van der Waals surface area contributed by atoms with Crippen LogP contribution in [0.2, 0.25) is 0 Å². The zero-order valence-electron chi connectivity index (χ0n) is 11.7. The molecule has 1 unspecified atom stereocenters. The maximum absolute atomic E-state index is 4.95. The van der Waals surface area contributed by atoms with Gasteiger partial charge in [-0.1, -0.05) is 35.0 Å². The van der Waals surface area contributed by atoms with Gasteiger partial charge in [-0.2, -0.15) is 0 Å². The summed E-state index contributed by atoms with van der Waals surface area (Å²) in [7, 11) is 0. The zero-order valence-corrected chi connectivity index (χ0v) is 14.1. The van der Waals surface area contributed by atoms with Crippen LogP contribution in [-0.4, -0.2) is 18.1 Å². The minimum Gasteiger partial charge on any atom is -0.316 e. The Balaban J connectivity index is 1.91. The molecule has 1 atom stereocenters. The number of fused-ring (bicyclic) bond motifs is 1. The Labute approximate surface area is 132 Å². The van der Waals surface area contributed by atoms with E-state index in [-0.39, 0.29) is 0 Å². The fraction of sp³-hybridized carbons (Fsp3) is 0.438. The molecule has 1 aromatic carbocycles. The van der Waals surface area contributed by atoms with E-state index in [1.165, 1.54) is 40.4 Å². The van der Waals surface area contributed by atoms with Gasteiger partial charge in [-0.25, -0.2) is 4.98 Å². The van der Waals surface area contributed by atoms with Crippen LogP contribution in [0, 0.1) is 0 Å². The smallest absolute Gasteiger partial charge is 0.123 e. The minimum atomic E-state index is 0.593. The van der Waals surface area contributed by atoms with Crippen LogP contribution in [0.4, 0.5) is 0 Å². The standard InChI is InChI=1S/C16H19BrN2S/c1-2-18-10-12-6-4-8-14-15(12)19-16(20-14)11-5-3-7-13(17)9-11/h3,5,7,9,12,18H,2,4,6,8,10H2,1H3. The fourth-order valence-electron chi connectivity index (χ4n) is 2.77. The van der Waals surface area contributed by atoms with Crippen LogP contribution in [-0.2, 0) is 6.42 Å². The quantitative estimate of drug-likeness (QED) is 0.871.